The molecule has 0 bridgehead atoms. The van der Waals surface area contributed by atoms with Crippen molar-refractivity contribution in [3.8, 4) is 0 Å². The molecule has 3 nitrogen and oxygen atoms in total. The van der Waals surface area contributed by atoms with Crippen LogP contribution in [-0.4, -0.2) is 0 Å². The van der Waals surface area contributed by atoms with Crippen LogP contribution in [0.15, 0.2) is 0 Å². The molecule has 0 rings (SSSR count). The van der Waals surface area contributed by atoms with E-state index in [1.54, 1.807) is 0 Å². The Balaban J connectivity index is 0. The number of nitrogens with one attached hydrogen (secondary N) is 1. The maximum Gasteiger partial charge on any atom is 0.00366 e. The molecule has 0 unspecified atom stereocenters. The molecule has 22 valence electrons. The van der Waals surface area contributed by atoms with Gasteiger partial charge in [-0.15, -0.1) is 0 Å². The van der Waals surface area contributed by atoms with Gasteiger partial charge < -0.3 is 0 Å². The second-order valence-corrected chi connectivity index (χ2v) is 0.0833. The molecule has 0 aromatic carbocycles. The summed E-state index contributed by atoms with van der Waals surface area (Å²) in [5.41, 5.74) is 0. The minimum absolute atomic E-state index is 0. The van der Waals surface area contributed by atoms with Crippen LogP contribution in [0.3, 0.4) is 0 Å². The van der Waals surface area contributed by atoms with Gasteiger partial charge in [-0.05, 0) is 0 Å². The van der Waals surface area contributed by atoms with Crippen LogP contribution in [0.5, 0.6) is 0 Å². The summed E-state index contributed by atoms with van der Waals surface area (Å²) in [6, 6.07) is 0. The Morgan fingerprint density at radius 1 is 1.75 bits per heavy atom. The van der Waals surface area contributed by atoms with Crippen molar-refractivity contribution in [1.82, 2.24) is 0 Å². The summed E-state index contributed by atoms with van der Waals surface area (Å²) in [6.07, 6.45) is 0. The molecule has 0 aromatic rings. The van der Waals surface area contributed by atoms with Gasteiger partial charge in [-0.1, -0.05) is 0 Å². The van der Waals surface area contributed by atoms with Crippen LogP contribution in [0, 0.1) is 50.1 Å². The van der Waals surface area contributed by atoms with Crippen LogP contribution >= 0.6 is 0 Å². The average Bonchev–Trinajstić information content (AvgIpc) is 0.918. The third-order valence-electron chi connectivity index (χ3n) is 0. The molecule has 1 N–H and O–H groups in total. The quantitative estimate of drug-likeness (QED) is 0.426. The predicted octanol–water partition coefficient (Wildman–Crippen LogP) is -1.67. The van der Waals surface area contributed by atoms with Gasteiger partial charge in [0.15, 0.2) is 0 Å². The van der Waals surface area contributed by atoms with E-state index in [0.29, 0.717) is 0 Å². The van der Waals surface area contributed by atoms with Crippen molar-refractivity contribution >= 4 is 0 Å². The molecule has 0 aromatic heterocycles. The van der Waals surface area contributed by atoms with E-state index in [4.69, 9.17) is 10.1 Å². The van der Waals surface area contributed by atoms with Crippen LogP contribution in [0.25, 0.3) is 0 Å². The molecule has 0 saturated carbocycles. The Morgan fingerprint density at radius 2 is 1.75 bits per heavy atom. The molecule has 0 atom stereocenters. The Morgan fingerprint density at radius 3 is 1.75 bits per heavy atom. The number of hydrogen-bond acceptors (Lipinski definition) is 2. The average molecular weight is 279 g/mol. The fourth-order valence-corrected chi connectivity index (χ4v) is 0. The van der Waals surface area contributed by atoms with E-state index < -0.39 is 0 Å². The summed E-state index contributed by atoms with van der Waals surface area (Å²) in [7, 11) is 0. The van der Waals surface area contributed by atoms with E-state index in [-0.39, 0.29) is 45.3 Å². The van der Waals surface area contributed by atoms with Crippen molar-refractivity contribution < 1.29 is 45.3 Å². The molecule has 0 amide bonds. The summed E-state index contributed by atoms with van der Waals surface area (Å²) in [6.45, 7) is 0. The van der Waals surface area contributed by atoms with Crippen molar-refractivity contribution in [2.24, 2.45) is 0 Å². The van der Waals surface area contributed by atoms with Crippen LogP contribution < -0.4 is 5.34 Å². The molecule has 0 aliphatic rings. The fraction of sp³-hybridized carbons (Fsp3) is 0. The van der Waals surface area contributed by atoms with E-state index in [1.165, 1.54) is 0 Å². The first kappa shape index (κ1) is 8.83. The topological polar surface area (TPSA) is 54.1 Å². The first-order valence-corrected chi connectivity index (χ1v) is 0.408. The molecule has 0 heterocycles. The van der Waals surface area contributed by atoms with Gasteiger partial charge in [-0.2, -0.15) is 0 Å². The maximum absolute atomic E-state index is 8.12. The Hall–Kier alpha value is 0.725. The van der Waals surface area contributed by atoms with Crippen LogP contribution in [0.4, 0.5) is 0 Å². The Labute approximate surface area is 55.0 Å². The molecule has 4 heteroatoms. The number of hydrogen-bond donors (Lipinski definition) is 1. The van der Waals surface area contributed by atoms with Gasteiger partial charge in [0.1, 0.15) is 0 Å². The van der Waals surface area contributed by atoms with E-state index in [0.717, 1.165) is 0 Å². The van der Waals surface area contributed by atoms with Crippen molar-refractivity contribution in [3.63, 3.8) is 0 Å². The van der Waals surface area contributed by atoms with Crippen LogP contribution in [0.1, 0.15) is 0 Å². The second kappa shape index (κ2) is 9.30. The first-order valence-electron chi connectivity index (χ1n) is 0.408. The third kappa shape index (κ3) is 15.4. The Bertz CT molecular complexity index is 13.5. The fourth-order valence-electron chi connectivity index (χ4n) is 0. The molecule has 0 radical (unpaired) electrons. The summed E-state index contributed by atoms with van der Waals surface area (Å²) < 4.78 is 0. The zero-order valence-corrected chi connectivity index (χ0v) is 5.93. The van der Waals surface area contributed by atoms with Gasteiger partial charge in [-0.25, -0.2) is 0 Å². The molecule has 0 spiro atoms. The third-order valence-corrected chi connectivity index (χ3v) is 0. The monoisotopic (exact) mass is 279 g/mol. The van der Waals surface area contributed by atoms with Gasteiger partial charge in [0.2, 0.25) is 0 Å². The largest absolute Gasteiger partial charge is 0.267 e. The molecular formula is HNO2Th. The SMILES string of the molecule is O=[NH+][O-].[Th]. The van der Waals surface area contributed by atoms with Crippen molar-refractivity contribution in [1.29, 1.82) is 0 Å². The van der Waals surface area contributed by atoms with E-state index in [1.807, 2.05) is 0 Å². The Kier molecular flexibility index (Phi) is 20.5. The van der Waals surface area contributed by atoms with Crippen molar-refractivity contribution in [3.05, 3.63) is 10.1 Å². The predicted molar refractivity (Wildman–Crippen MR) is 7.70 cm³/mol. The van der Waals surface area contributed by atoms with Crippen LogP contribution in [0.2, 0.25) is 0 Å². The van der Waals surface area contributed by atoms with Gasteiger partial charge >= 0.3 is 0 Å². The molecule has 4 heavy (non-hydrogen) atoms. The summed E-state index contributed by atoms with van der Waals surface area (Å²) in [5.74, 6) is 0. The smallest absolute Gasteiger partial charge is 0.00366 e. The summed E-state index contributed by atoms with van der Waals surface area (Å²) in [4.78, 5) is 8.12. The zero-order valence-electron chi connectivity index (χ0n) is 1.82. The van der Waals surface area contributed by atoms with Crippen molar-refractivity contribution in [2.45, 2.75) is 0 Å². The van der Waals surface area contributed by atoms with E-state index >= 15 is 0 Å². The van der Waals surface area contributed by atoms with Gasteiger partial charge in [0.05, 0.1) is 0 Å². The van der Waals surface area contributed by atoms with Gasteiger partial charge in [0.25, 0.3) is 0 Å². The van der Waals surface area contributed by atoms with Crippen molar-refractivity contribution in [2.75, 3.05) is 0 Å². The standard InChI is InChI=1S/HNO2.Th/c2-1-3;/h1H;. The van der Waals surface area contributed by atoms with Gasteiger partial charge in [0, 0.05) is 45.3 Å². The number of rotatable bonds is 0. The molecule has 0 aliphatic heterocycles. The zero-order chi connectivity index (χ0) is 2.71. The maximum atomic E-state index is 8.12. The van der Waals surface area contributed by atoms with Gasteiger partial charge in [-0.3, -0.25) is 10.1 Å². The summed E-state index contributed by atoms with van der Waals surface area (Å²) >= 11 is 0. The normalized spacial score (nSPS) is 3.00. The minimum Gasteiger partial charge on any atom is -0.267 e. The first-order chi connectivity index (χ1) is 1.41. The van der Waals surface area contributed by atoms with Crippen LogP contribution in [-0.2, 0) is 0 Å². The second-order valence-electron chi connectivity index (χ2n) is 0.0833. The summed E-state index contributed by atoms with van der Waals surface area (Å²) in [5, 5.41) is 8.38. The van der Waals surface area contributed by atoms with E-state index in [9.17, 15) is 0 Å². The molecule has 0 aliphatic carbocycles. The van der Waals surface area contributed by atoms with E-state index in [2.05, 4.69) is 0 Å². The molecule has 0 fully saturated rings. The molecular weight excluding hydrogens is 278 g/mol. The minimum atomic E-state index is 0. The molecule has 0 saturated heterocycles.